The van der Waals surface area contributed by atoms with Crippen LogP contribution in [-0.4, -0.2) is 31.9 Å². The summed E-state index contributed by atoms with van der Waals surface area (Å²) in [6.07, 6.45) is 0. The SMILES string of the molecule is Cc1noc(CN(C)Cc2c(C)nn(-c3ccccc3C)c2C)n1. The zero-order valence-electron chi connectivity index (χ0n) is 14.9. The molecule has 126 valence electrons. The Morgan fingerprint density at radius 2 is 1.83 bits per heavy atom. The van der Waals surface area contributed by atoms with E-state index in [1.807, 2.05) is 30.8 Å². The molecule has 0 N–H and O–H groups in total. The van der Waals surface area contributed by atoms with Gasteiger partial charge in [-0.15, -0.1) is 0 Å². The zero-order valence-corrected chi connectivity index (χ0v) is 14.9. The molecule has 0 aliphatic rings. The van der Waals surface area contributed by atoms with E-state index in [4.69, 9.17) is 9.62 Å². The van der Waals surface area contributed by atoms with Crippen molar-refractivity contribution in [3.05, 3.63) is 58.5 Å². The molecule has 0 aliphatic carbocycles. The summed E-state index contributed by atoms with van der Waals surface area (Å²) in [5.41, 5.74) is 5.78. The topological polar surface area (TPSA) is 60.0 Å². The van der Waals surface area contributed by atoms with Crippen LogP contribution in [0.1, 0.15) is 34.2 Å². The van der Waals surface area contributed by atoms with E-state index < -0.39 is 0 Å². The fraction of sp³-hybridized carbons (Fsp3) is 0.389. The van der Waals surface area contributed by atoms with E-state index in [-0.39, 0.29) is 0 Å². The van der Waals surface area contributed by atoms with Crippen LogP contribution in [0, 0.1) is 27.7 Å². The van der Waals surface area contributed by atoms with Crippen molar-refractivity contribution in [2.45, 2.75) is 40.8 Å². The first-order valence-corrected chi connectivity index (χ1v) is 8.04. The van der Waals surface area contributed by atoms with Crippen LogP contribution >= 0.6 is 0 Å². The van der Waals surface area contributed by atoms with Gasteiger partial charge in [0.2, 0.25) is 5.89 Å². The molecule has 0 spiro atoms. The first-order valence-electron chi connectivity index (χ1n) is 8.04. The molecule has 3 rings (SSSR count). The Morgan fingerprint density at radius 3 is 2.50 bits per heavy atom. The molecule has 2 heterocycles. The Kier molecular flexibility index (Phi) is 4.49. The average molecular weight is 325 g/mol. The Bertz CT molecular complexity index is 849. The highest BCUT2D eigenvalue weighted by Gasteiger charge is 2.16. The van der Waals surface area contributed by atoms with E-state index in [1.54, 1.807) is 0 Å². The van der Waals surface area contributed by atoms with Gasteiger partial charge in [0, 0.05) is 17.8 Å². The molecule has 0 radical (unpaired) electrons. The van der Waals surface area contributed by atoms with Gasteiger partial charge in [-0.05, 0) is 46.4 Å². The molecule has 6 heteroatoms. The van der Waals surface area contributed by atoms with Crippen LogP contribution in [0.25, 0.3) is 5.69 Å². The first kappa shape index (κ1) is 16.4. The van der Waals surface area contributed by atoms with Crippen LogP contribution in [0.15, 0.2) is 28.8 Å². The minimum absolute atomic E-state index is 0.620. The number of hydrogen-bond donors (Lipinski definition) is 0. The molecule has 0 amide bonds. The maximum Gasteiger partial charge on any atom is 0.240 e. The van der Waals surface area contributed by atoms with Gasteiger partial charge in [-0.1, -0.05) is 23.4 Å². The van der Waals surface area contributed by atoms with Gasteiger partial charge < -0.3 is 4.52 Å². The second-order valence-corrected chi connectivity index (χ2v) is 6.26. The van der Waals surface area contributed by atoms with Crippen LogP contribution in [0.5, 0.6) is 0 Å². The summed E-state index contributed by atoms with van der Waals surface area (Å²) < 4.78 is 7.23. The molecule has 2 aromatic heterocycles. The highest BCUT2D eigenvalue weighted by atomic mass is 16.5. The third-order valence-electron chi connectivity index (χ3n) is 4.19. The van der Waals surface area contributed by atoms with Crippen molar-refractivity contribution < 1.29 is 4.52 Å². The smallest absolute Gasteiger partial charge is 0.240 e. The van der Waals surface area contributed by atoms with Crippen molar-refractivity contribution in [2.24, 2.45) is 0 Å². The van der Waals surface area contributed by atoms with E-state index in [0.29, 0.717) is 18.3 Å². The number of nitrogens with zero attached hydrogens (tertiary/aromatic N) is 5. The largest absolute Gasteiger partial charge is 0.338 e. The molecule has 0 atom stereocenters. The molecule has 0 bridgehead atoms. The molecule has 0 aliphatic heterocycles. The van der Waals surface area contributed by atoms with Crippen molar-refractivity contribution >= 4 is 0 Å². The third-order valence-corrected chi connectivity index (χ3v) is 4.19. The van der Waals surface area contributed by atoms with Gasteiger partial charge in [-0.3, -0.25) is 4.90 Å². The van der Waals surface area contributed by atoms with Crippen LogP contribution in [0.4, 0.5) is 0 Å². The number of rotatable bonds is 5. The standard InChI is InChI=1S/C18H23N5O/c1-12-8-6-7-9-17(12)23-14(3)16(13(2)20-23)10-22(5)11-18-19-15(4)21-24-18/h6-9H,10-11H2,1-5H3. The summed E-state index contributed by atoms with van der Waals surface area (Å²) >= 11 is 0. The van der Waals surface area contributed by atoms with Crippen LogP contribution in [0.2, 0.25) is 0 Å². The minimum atomic E-state index is 0.620. The lowest BCUT2D eigenvalue weighted by Crippen LogP contribution is -2.18. The van der Waals surface area contributed by atoms with Gasteiger partial charge in [-0.2, -0.15) is 10.1 Å². The number of hydrogen-bond acceptors (Lipinski definition) is 5. The van der Waals surface area contributed by atoms with Crippen molar-refractivity contribution in [1.29, 1.82) is 0 Å². The fourth-order valence-electron chi connectivity index (χ4n) is 2.90. The number of benzene rings is 1. The van der Waals surface area contributed by atoms with E-state index in [9.17, 15) is 0 Å². The van der Waals surface area contributed by atoms with Gasteiger partial charge in [0.1, 0.15) is 0 Å². The number of aromatic nitrogens is 4. The highest BCUT2D eigenvalue weighted by Crippen LogP contribution is 2.21. The lowest BCUT2D eigenvalue weighted by molar-refractivity contribution is 0.259. The monoisotopic (exact) mass is 325 g/mol. The fourth-order valence-corrected chi connectivity index (χ4v) is 2.90. The van der Waals surface area contributed by atoms with Crippen molar-refractivity contribution in [3.8, 4) is 5.69 Å². The van der Waals surface area contributed by atoms with Crippen LogP contribution < -0.4 is 0 Å². The van der Waals surface area contributed by atoms with Crippen molar-refractivity contribution in [2.75, 3.05) is 7.05 Å². The normalized spacial score (nSPS) is 11.4. The second kappa shape index (κ2) is 6.57. The molecule has 0 saturated heterocycles. The Hall–Kier alpha value is -2.47. The van der Waals surface area contributed by atoms with Gasteiger partial charge in [-0.25, -0.2) is 4.68 Å². The van der Waals surface area contributed by atoms with E-state index >= 15 is 0 Å². The summed E-state index contributed by atoms with van der Waals surface area (Å²) in [5.74, 6) is 1.30. The lowest BCUT2D eigenvalue weighted by Gasteiger charge is -2.15. The van der Waals surface area contributed by atoms with Crippen molar-refractivity contribution in [1.82, 2.24) is 24.8 Å². The Labute approximate surface area is 142 Å². The Balaban J connectivity index is 1.83. The second-order valence-electron chi connectivity index (χ2n) is 6.26. The van der Waals surface area contributed by atoms with E-state index in [0.717, 1.165) is 23.6 Å². The van der Waals surface area contributed by atoms with E-state index in [2.05, 4.69) is 47.9 Å². The van der Waals surface area contributed by atoms with Gasteiger partial charge in [0.25, 0.3) is 0 Å². The maximum atomic E-state index is 5.20. The molecule has 3 aromatic rings. The summed E-state index contributed by atoms with van der Waals surface area (Å²) in [5, 5.41) is 8.58. The molecule has 0 saturated carbocycles. The molecule has 0 unspecified atom stereocenters. The first-order chi connectivity index (χ1) is 11.5. The summed E-state index contributed by atoms with van der Waals surface area (Å²) in [4.78, 5) is 6.42. The predicted molar refractivity (Wildman–Crippen MR) is 92.0 cm³/mol. The summed E-state index contributed by atoms with van der Waals surface area (Å²) in [6.45, 7) is 9.51. The van der Waals surface area contributed by atoms with Gasteiger partial charge >= 0.3 is 0 Å². The highest BCUT2D eigenvalue weighted by molar-refractivity contribution is 5.42. The van der Waals surface area contributed by atoms with Gasteiger partial charge in [0.15, 0.2) is 5.82 Å². The summed E-state index contributed by atoms with van der Waals surface area (Å²) in [6, 6.07) is 8.30. The molecule has 1 aromatic carbocycles. The summed E-state index contributed by atoms with van der Waals surface area (Å²) in [7, 11) is 2.05. The predicted octanol–water partition coefficient (Wildman–Crippen LogP) is 3.12. The zero-order chi connectivity index (χ0) is 17.3. The number of para-hydroxylation sites is 1. The Morgan fingerprint density at radius 1 is 1.08 bits per heavy atom. The maximum absolute atomic E-state index is 5.20. The average Bonchev–Trinajstić information content (AvgIpc) is 3.06. The molecule has 0 fully saturated rings. The minimum Gasteiger partial charge on any atom is -0.338 e. The number of aryl methyl sites for hydroxylation is 3. The lowest BCUT2D eigenvalue weighted by atomic mass is 10.1. The van der Waals surface area contributed by atoms with Gasteiger partial charge in [0.05, 0.1) is 17.9 Å². The van der Waals surface area contributed by atoms with E-state index in [1.165, 1.54) is 11.1 Å². The molecular weight excluding hydrogens is 302 g/mol. The van der Waals surface area contributed by atoms with Crippen LogP contribution in [-0.2, 0) is 13.1 Å². The quantitative estimate of drug-likeness (QED) is 0.721. The third kappa shape index (κ3) is 3.23. The molecule has 24 heavy (non-hydrogen) atoms. The van der Waals surface area contributed by atoms with Crippen molar-refractivity contribution in [3.63, 3.8) is 0 Å². The van der Waals surface area contributed by atoms with Crippen LogP contribution in [0.3, 0.4) is 0 Å². The molecule has 6 nitrogen and oxygen atoms in total. The molecular formula is C18H23N5O.